The molecule has 1 aromatic rings. The summed E-state index contributed by atoms with van der Waals surface area (Å²) in [5.41, 5.74) is 10.7. The van der Waals surface area contributed by atoms with Crippen LogP contribution >= 0.6 is 0 Å². The van der Waals surface area contributed by atoms with Gasteiger partial charge in [0, 0.05) is 0 Å². The maximum atomic E-state index is 11.2. The van der Waals surface area contributed by atoms with Crippen molar-refractivity contribution < 1.29 is 9.53 Å². The molecular weight excluding hydrogens is 224 g/mol. The van der Waals surface area contributed by atoms with Gasteiger partial charge in [-0.15, -0.1) is 0 Å². The van der Waals surface area contributed by atoms with E-state index in [1.165, 1.54) is 7.11 Å². The first kappa shape index (κ1) is 12.9. The van der Waals surface area contributed by atoms with Crippen LogP contribution in [0.4, 0.5) is 11.9 Å². The lowest BCUT2D eigenvalue weighted by molar-refractivity contribution is -0.119. The highest BCUT2D eigenvalue weighted by atomic mass is 16.5. The van der Waals surface area contributed by atoms with E-state index in [-0.39, 0.29) is 23.8 Å². The number of nitrogens with one attached hydrogen (secondary N) is 1. The van der Waals surface area contributed by atoms with Crippen molar-refractivity contribution in [1.82, 2.24) is 15.0 Å². The van der Waals surface area contributed by atoms with E-state index in [0.29, 0.717) is 0 Å². The van der Waals surface area contributed by atoms with Gasteiger partial charge in [0.1, 0.15) is 6.04 Å². The smallest absolute Gasteiger partial charge is 0.322 e. The van der Waals surface area contributed by atoms with E-state index in [0.717, 1.165) is 0 Å². The number of aromatic nitrogens is 3. The lowest BCUT2D eigenvalue weighted by Crippen LogP contribution is -2.40. The monoisotopic (exact) mass is 240 g/mol. The first-order valence-electron chi connectivity index (χ1n) is 5.05. The Morgan fingerprint density at radius 3 is 2.47 bits per heavy atom. The number of primary amides is 1. The minimum atomic E-state index is -0.582. The normalized spacial score (nSPS) is 12.2. The van der Waals surface area contributed by atoms with Gasteiger partial charge in [-0.1, -0.05) is 13.8 Å². The van der Waals surface area contributed by atoms with Crippen LogP contribution in [0.25, 0.3) is 0 Å². The highest BCUT2D eigenvalue weighted by Gasteiger charge is 2.20. The first-order valence-corrected chi connectivity index (χ1v) is 5.05. The van der Waals surface area contributed by atoms with Gasteiger partial charge in [0.05, 0.1) is 7.11 Å². The van der Waals surface area contributed by atoms with Gasteiger partial charge in [-0.25, -0.2) is 0 Å². The zero-order valence-corrected chi connectivity index (χ0v) is 9.97. The predicted octanol–water partition coefficient (Wildman–Crippen LogP) is -0.616. The molecule has 0 aromatic carbocycles. The summed E-state index contributed by atoms with van der Waals surface area (Å²) >= 11 is 0. The lowest BCUT2D eigenvalue weighted by atomic mass is 10.0. The number of hydrogen-bond acceptors (Lipinski definition) is 7. The molecule has 5 N–H and O–H groups in total. The van der Waals surface area contributed by atoms with Gasteiger partial charge in [-0.05, 0) is 5.92 Å². The number of carbonyl (C=O) groups excluding carboxylic acids is 1. The van der Waals surface area contributed by atoms with Gasteiger partial charge in [-0.2, -0.15) is 15.0 Å². The Labute approximate surface area is 98.8 Å². The number of amides is 1. The molecule has 0 fully saturated rings. The summed E-state index contributed by atoms with van der Waals surface area (Å²) in [6, 6.07) is -0.506. The molecule has 1 rings (SSSR count). The van der Waals surface area contributed by atoms with Crippen molar-refractivity contribution in [3.8, 4) is 6.01 Å². The number of rotatable bonds is 5. The maximum absolute atomic E-state index is 11.2. The van der Waals surface area contributed by atoms with Gasteiger partial charge in [0.2, 0.25) is 17.8 Å². The predicted molar refractivity (Wildman–Crippen MR) is 62.2 cm³/mol. The van der Waals surface area contributed by atoms with E-state index >= 15 is 0 Å². The molecule has 1 unspecified atom stereocenters. The maximum Gasteiger partial charge on any atom is 0.322 e. The summed E-state index contributed by atoms with van der Waals surface area (Å²) in [7, 11) is 1.41. The highest BCUT2D eigenvalue weighted by molar-refractivity contribution is 5.82. The largest absolute Gasteiger partial charge is 0.467 e. The van der Waals surface area contributed by atoms with E-state index < -0.39 is 11.9 Å². The van der Waals surface area contributed by atoms with Crippen molar-refractivity contribution in [2.75, 3.05) is 18.2 Å². The minimum absolute atomic E-state index is 0.00325. The van der Waals surface area contributed by atoms with Crippen molar-refractivity contribution in [3.63, 3.8) is 0 Å². The average Bonchev–Trinajstić information content (AvgIpc) is 2.24. The van der Waals surface area contributed by atoms with Crippen molar-refractivity contribution >= 4 is 17.8 Å². The Hall–Kier alpha value is -2.12. The van der Waals surface area contributed by atoms with Crippen LogP contribution in [-0.4, -0.2) is 34.0 Å². The number of methoxy groups -OCH3 is 1. The molecule has 94 valence electrons. The van der Waals surface area contributed by atoms with Crippen molar-refractivity contribution in [1.29, 1.82) is 0 Å². The fourth-order valence-electron chi connectivity index (χ4n) is 1.23. The third-order valence-corrected chi connectivity index (χ3v) is 2.07. The molecule has 0 aliphatic carbocycles. The molecular formula is C9H16N6O2. The quantitative estimate of drug-likeness (QED) is 0.625. The summed E-state index contributed by atoms with van der Waals surface area (Å²) in [5, 5.41) is 2.80. The van der Waals surface area contributed by atoms with E-state index in [9.17, 15) is 4.79 Å². The van der Waals surface area contributed by atoms with Gasteiger partial charge in [-0.3, -0.25) is 4.79 Å². The van der Waals surface area contributed by atoms with E-state index in [1.54, 1.807) is 0 Å². The fourth-order valence-corrected chi connectivity index (χ4v) is 1.23. The zero-order chi connectivity index (χ0) is 13.0. The van der Waals surface area contributed by atoms with Crippen LogP contribution in [0.3, 0.4) is 0 Å². The number of ether oxygens (including phenoxy) is 1. The first-order chi connectivity index (χ1) is 7.93. The van der Waals surface area contributed by atoms with E-state index in [4.69, 9.17) is 16.2 Å². The summed E-state index contributed by atoms with van der Waals surface area (Å²) in [6.07, 6.45) is 0. The van der Waals surface area contributed by atoms with Gasteiger partial charge >= 0.3 is 6.01 Å². The summed E-state index contributed by atoms with van der Waals surface area (Å²) in [5.74, 6) is -0.326. The second-order valence-electron chi connectivity index (χ2n) is 3.77. The molecule has 0 spiro atoms. The summed E-state index contributed by atoms with van der Waals surface area (Å²) < 4.78 is 4.84. The molecule has 0 aliphatic heterocycles. The molecule has 8 heteroatoms. The van der Waals surface area contributed by atoms with E-state index in [2.05, 4.69) is 20.3 Å². The van der Waals surface area contributed by atoms with Gasteiger partial charge in [0.15, 0.2) is 0 Å². The third-order valence-electron chi connectivity index (χ3n) is 2.07. The lowest BCUT2D eigenvalue weighted by Gasteiger charge is -2.18. The molecule has 8 nitrogen and oxygen atoms in total. The SMILES string of the molecule is COc1nc(N)nc(NC(C(N)=O)C(C)C)n1. The summed E-state index contributed by atoms with van der Waals surface area (Å²) in [6.45, 7) is 3.70. The van der Waals surface area contributed by atoms with Crippen molar-refractivity contribution in [3.05, 3.63) is 0 Å². The van der Waals surface area contributed by atoms with Crippen molar-refractivity contribution in [2.24, 2.45) is 11.7 Å². The van der Waals surface area contributed by atoms with Gasteiger partial charge < -0.3 is 21.5 Å². The van der Waals surface area contributed by atoms with Crippen LogP contribution in [-0.2, 0) is 4.79 Å². The highest BCUT2D eigenvalue weighted by Crippen LogP contribution is 2.12. The Morgan fingerprint density at radius 2 is 2.00 bits per heavy atom. The number of hydrogen-bond donors (Lipinski definition) is 3. The number of nitrogens with zero attached hydrogens (tertiary/aromatic N) is 3. The molecule has 0 saturated carbocycles. The molecule has 0 bridgehead atoms. The second-order valence-corrected chi connectivity index (χ2v) is 3.77. The van der Waals surface area contributed by atoms with Crippen LogP contribution in [0.5, 0.6) is 6.01 Å². The van der Waals surface area contributed by atoms with Crippen LogP contribution in [0.1, 0.15) is 13.8 Å². The van der Waals surface area contributed by atoms with Crippen molar-refractivity contribution in [2.45, 2.75) is 19.9 Å². The molecule has 0 radical (unpaired) electrons. The second kappa shape index (κ2) is 5.28. The molecule has 1 atom stereocenters. The fraction of sp³-hybridized carbons (Fsp3) is 0.556. The number of nitrogen functional groups attached to an aromatic ring is 1. The molecule has 0 aliphatic rings. The standard InChI is InChI=1S/C9H16N6O2/c1-4(2)5(6(10)16)12-8-13-7(11)14-9(15-8)17-3/h4-5H,1-3H3,(H2,10,16)(H3,11,12,13,14,15). The number of nitrogens with two attached hydrogens (primary N) is 2. The zero-order valence-electron chi connectivity index (χ0n) is 9.97. The van der Waals surface area contributed by atoms with Crippen LogP contribution in [0.15, 0.2) is 0 Å². The number of anilines is 2. The van der Waals surface area contributed by atoms with Crippen LogP contribution in [0, 0.1) is 5.92 Å². The average molecular weight is 240 g/mol. The third kappa shape index (κ3) is 3.44. The Morgan fingerprint density at radius 1 is 1.35 bits per heavy atom. The Balaban J connectivity index is 2.93. The Kier molecular flexibility index (Phi) is 4.02. The molecule has 1 heterocycles. The van der Waals surface area contributed by atoms with E-state index in [1.807, 2.05) is 13.8 Å². The molecule has 17 heavy (non-hydrogen) atoms. The Bertz CT molecular complexity index is 408. The van der Waals surface area contributed by atoms with Crippen LogP contribution < -0.4 is 21.5 Å². The summed E-state index contributed by atoms with van der Waals surface area (Å²) in [4.78, 5) is 22.7. The topological polar surface area (TPSA) is 129 Å². The molecule has 0 saturated heterocycles. The number of carbonyl (C=O) groups is 1. The minimum Gasteiger partial charge on any atom is -0.467 e. The molecule has 1 amide bonds. The molecule has 1 aromatic heterocycles. The van der Waals surface area contributed by atoms with Crippen LogP contribution in [0.2, 0.25) is 0 Å². The van der Waals surface area contributed by atoms with Gasteiger partial charge in [0.25, 0.3) is 0 Å².